The van der Waals surface area contributed by atoms with Gasteiger partial charge >= 0.3 is 0 Å². The lowest BCUT2D eigenvalue weighted by atomic mass is 10.1. The Hall–Kier alpha value is -1.73. The fourth-order valence-electron chi connectivity index (χ4n) is 2.58. The number of hydrogen-bond donors (Lipinski definition) is 1. The van der Waals surface area contributed by atoms with Gasteiger partial charge in [-0.1, -0.05) is 18.2 Å². The van der Waals surface area contributed by atoms with Gasteiger partial charge in [0.25, 0.3) is 0 Å². The number of thioether (sulfide) groups is 1. The number of benzene rings is 1. The van der Waals surface area contributed by atoms with Crippen LogP contribution in [0, 0.1) is 11.3 Å². The van der Waals surface area contributed by atoms with E-state index in [9.17, 15) is 5.26 Å². The number of aromatic nitrogens is 1. The minimum absolute atomic E-state index is 0.264. The summed E-state index contributed by atoms with van der Waals surface area (Å²) in [7, 11) is 0. The van der Waals surface area contributed by atoms with E-state index in [1.165, 1.54) is 18.6 Å². The first-order chi connectivity index (χ1) is 9.70. The largest absolute Gasteiger partial charge is 0.368 e. The van der Waals surface area contributed by atoms with Crippen molar-refractivity contribution >= 4 is 28.5 Å². The van der Waals surface area contributed by atoms with Gasteiger partial charge in [-0.2, -0.15) is 17.0 Å². The first-order valence-electron chi connectivity index (χ1n) is 6.88. The van der Waals surface area contributed by atoms with Crippen molar-refractivity contribution in [1.29, 1.82) is 5.26 Å². The Morgan fingerprint density at radius 2 is 2.30 bits per heavy atom. The molecule has 20 heavy (non-hydrogen) atoms. The molecule has 3 rings (SSSR count). The first kappa shape index (κ1) is 13.3. The number of hydrogen-bond acceptors (Lipinski definition) is 4. The summed E-state index contributed by atoms with van der Waals surface area (Å²) in [6.07, 6.45) is 2.50. The first-order valence-corrected chi connectivity index (χ1v) is 7.86. The van der Waals surface area contributed by atoms with Gasteiger partial charge in [-0.15, -0.1) is 0 Å². The van der Waals surface area contributed by atoms with Gasteiger partial charge in [-0.25, -0.2) is 4.98 Å². The van der Waals surface area contributed by atoms with Crippen LogP contribution in [0.1, 0.15) is 25.3 Å². The molecule has 1 saturated heterocycles. The van der Waals surface area contributed by atoms with Gasteiger partial charge in [0.1, 0.15) is 11.9 Å². The third kappa shape index (κ3) is 2.59. The zero-order valence-electron chi connectivity index (χ0n) is 11.5. The molecule has 1 aliphatic heterocycles. The van der Waals surface area contributed by atoms with Gasteiger partial charge in [-0.05, 0) is 37.7 Å². The Bertz CT molecular complexity index is 669. The fraction of sp³-hybridized carbons (Fsp3) is 0.375. The number of anilines is 1. The minimum Gasteiger partial charge on any atom is -0.368 e. The Labute approximate surface area is 123 Å². The van der Waals surface area contributed by atoms with E-state index in [0.29, 0.717) is 11.4 Å². The van der Waals surface area contributed by atoms with Crippen molar-refractivity contribution in [1.82, 2.24) is 4.98 Å². The summed E-state index contributed by atoms with van der Waals surface area (Å²) in [6, 6.07) is 12.1. The maximum atomic E-state index is 9.30. The molecule has 1 unspecified atom stereocenters. The molecule has 1 aromatic heterocycles. The number of nitriles is 1. The van der Waals surface area contributed by atoms with E-state index in [1.54, 1.807) is 0 Å². The monoisotopic (exact) mass is 283 g/mol. The zero-order valence-corrected chi connectivity index (χ0v) is 12.3. The Morgan fingerprint density at radius 3 is 3.05 bits per heavy atom. The van der Waals surface area contributed by atoms with Gasteiger partial charge in [0, 0.05) is 16.7 Å². The Balaban J connectivity index is 1.88. The highest BCUT2D eigenvalue weighted by Crippen LogP contribution is 2.37. The number of fused-ring (bicyclic) bond motifs is 1. The second-order valence-electron chi connectivity index (χ2n) is 5.44. The Kier molecular flexibility index (Phi) is 3.54. The van der Waals surface area contributed by atoms with E-state index < -0.39 is 0 Å². The van der Waals surface area contributed by atoms with E-state index >= 15 is 0 Å². The molecule has 1 atom stereocenters. The smallest absolute Gasteiger partial charge is 0.144 e. The third-order valence-electron chi connectivity index (χ3n) is 3.77. The van der Waals surface area contributed by atoms with Crippen molar-refractivity contribution < 1.29 is 0 Å². The van der Waals surface area contributed by atoms with Crippen LogP contribution in [-0.4, -0.2) is 22.0 Å². The van der Waals surface area contributed by atoms with Gasteiger partial charge in [0.2, 0.25) is 0 Å². The van der Waals surface area contributed by atoms with Crippen LogP contribution in [0.3, 0.4) is 0 Å². The predicted molar refractivity (Wildman–Crippen MR) is 85.0 cm³/mol. The summed E-state index contributed by atoms with van der Waals surface area (Å²) in [5.41, 5.74) is 1.55. The molecule has 1 aromatic carbocycles. The molecule has 1 fully saturated rings. The summed E-state index contributed by atoms with van der Waals surface area (Å²) >= 11 is 2.01. The molecular weight excluding hydrogens is 266 g/mol. The van der Waals surface area contributed by atoms with Crippen molar-refractivity contribution in [3.05, 3.63) is 35.9 Å². The second-order valence-corrected chi connectivity index (χ2v) is 7.13. The SMILES string of the molecule is CC1(CNc2nc3ccccc3cc2C#N)CCCS1. The lowest BCUT2D eigenvalue weighted by Gasteiger charge is -2.23. The number of pyridine rings is 1. The predicted octanol–water partition coefficient (Wildman–Crippen LogP) is 3.80. The van der Waals surface area contributed by atoms with E-state index in [0.717, 1.165) is 17.4 Å². The quantitative estimate of drug-likeness (QED) is 0.930. The van der Waals surface area contributed by atoms with Gasteiger partial charge < -0.3 is 5.32 Å². The molecular formula is C16H17N3S. The van der Waals surface area contributed by atoms with Crippen LogP contribution in [0.2, 0.25) is 0 Å². The van der Waals surface area contributed by atoms with E-state index in [4.69, 9.17) is 0 Å². The Morgan fingerprint density at radius 1 is 1.45 bits per heavy atom. The van der Waals surface area contributed by atoms with E-state index in [2.05, 4.69) is 23.3 Å². The van der Waals surface area contributed by atoms with Crippen LogP contribution in [0.15, 0.2) is 30.3 Å². The van der Waals surface area contributed by atoms with Crippen molar-refractivity contribution in [2.24, 2.45) is 0 Å². The van der Waals surface area contributed by atoms with Crippen LogP contribution >= 0.6 is 11.8 Å². The standard InChI is InChI=1S/C16H17N3S/c1-16(7-4-8-20-16)11-18-15-13(10-17)9-12-5-2-3-6-14(12)19-15/h2-3,5-6,9H,4,7-8,11H2,1H3,(H,18,19). The summed E-state index contributed by atoms with van der Waals surface area (Å²) in [6.45, 7) is 3.14. The van der Waals surface area contributed by atoms with E-state index in [1.807, 2.05) is 42.1 Å². The molecule has 0 aliphatic carbocycles. The molecule has 2 heterocycles. The summed E-state index contributed by atoms with van der Waals surface area (Å²) in [5.74, 6) is 1.94. The van der Waals surface area contributed by atoms with Crippen molar-refractivity contribution in [3.8, 4) is 6.07 Å². The highest BCUT2D eigenvalue weighted by molar-refractivity contribution is 8.00. The third-order valence-corrected chi connectivity index (χ3v) is 5.31. The molecule has 4 heteroatoms. The second kappa shape index (κ2) is 5.34. The van der Waals surface area contributed by atoms with Crippen LogP contribution in [0.4, 0.5) is 5.82 Å². The molecule has 0 saturated carbocycles. The zero-order chi connectivity index (χ0) is 14.0. The topological polar surface area (TPSA) is 48.7 Å². The molecule has 1 N–H and O–H groups in total. The molecule has 0 bridgehead atoms. The van der Waals surface area contributed by atoms with Gasteiger partial charge in [0.15, 0.2) is 0 Å². The van der Waals surface area contributed by atoms with Crippen molar-refractivity contribution in [2.75, 3.05) is 17.6 Å². The average Bonchev–Trinajstić information content (AvgIpc) is 2.91. The fourth-order valence-corrected chi connectivity index (χ4v) is 3.83. The number of rotatable bonds is 3. The minimum atomic E-state index is 0.264. The number of nitrogens with zero attached hydrogens (tertiary/aromatic N) is 2. The highest BCUT2D eigenvalue weighted by Gasteiger charge is 2.29. The normalized spacial score (nSPS) is 21.8. The maximum Gasteiger partial charge on any atom is 0.144 e. The molecule has 0 radical (unpaired) electrons. The molecule has 2 aromatic rings. The van der Waals surface area contributed by atoms with E-state index in [-0.39, 0.29) is 4.75 Å². The van der Waals surface area contributed by atoms with Gasteiger partial charge in [0.05, 0.1) is 11.1 Å². The lowest BCUT2D eigenvalue weighted by molar-refractivity contribution is 0.634. The maximum absolute atomic E-state index is 9.30. The molecule has 1 aliphatic rings. The number of nitrogens with one attached hydrogen (secondary N) is 1. The molecule has 0 amide bonds. The molecule has 102 valence electrons. The highest BCUT2D eigenvalue weighted by atomic mass is 32.2. The van der Waals surface area contributed by atoms with Crippen LogP contribution in [0.25, 0.3) is 10.9 Å². The van der Waals surface area contributed by atoms with Gasteiger partial charge in [-0.3, -0.25) is 0 Å². The van der Waals surface area contributed by atoms with Crippen molar-refractivity contribution in [3.63, 3.8) is 0 Å². The molecule has 0 spiro atoms. The summed E-state index contributed by atoms with van der Waals surface area (Å²) in [5, 5.41) is 13.7. The summed E-state index contributed by atoms with van der Waals surface area (Å²) < 4.78 is 0.264. The lowest BCUT2D eigenvalue weighted by Crippen LogP contribution is -2.27. The average molecular weight is 283 g/mol. The molecule has 3 nitrogen and oxygen atoms in total. The van der Waals surface area contributed by atoms with Crippen LogP contribution in [0.5, 0.6) is 0 Å². The van der Waals surface area contributed by atoms with Crippen molar-refractivity contribution in [2.45, 2.75) is 24.5 Å². The summed E-state index contributed by atoms with van der Waals surface area (Å²) in [4.78, 5) is 4.60. The van der Waals surface area contributed by atoms with Crippen LogP contribution in [-0.2, 0) is 0 Å². The van der Waals surface area contributed by atoms with Crippen LogP contribution < -0.4 is 5.32 Å². The number of para-hydroxylation sites is 1.